The first-order chi connectivity index (χ1) is 9.70. The van der Waals surface area contributed by atoms with E-state index in [-0.39, 0.29) is 0 Å². The third-order valence-electron chi connectivity index (χ3n) is 3.29. The zero-order valence-corrected chi connectivity index (χ0v) is 12.6. The highest BCUT2D eigenvalue weighted by atomic mass is 32.1. The van der Waals surface area contributed by atoms with Crippen LogP contribution < -0.4 is 4.74 Å². The van der Waals surface area contributed by atoms with Crippen molar-refractivity contribution < 1.29 is 4.74 Å². The average Bonchev–Trinajstić information content (AvgIpc) is 3.00. The Morgan fingerprint density at radius 2 is 2.20 bits per heavy atom. The van der Waals surface area contributed by atoms with Crippen molar-refractivity contribution in [3.05, 3.63) is 52.2 Å². The van der Waals surface area contributed by atoms with Crippen molar-refractivity contribution in [2.24, 2.45) is 0 Å². The van der Waals surface area contributed by atoms with Gasteiger partial charge in [0.15, 0.2) is 0 Å². The van der Waals surface area contributed by atoms with Crippen LogP contribution in [0.2, 0.25) is 0 Å². The number of rotatable bonds is 6. The molecule has 0 aliphatic heterocycles. The van der Waals surface area contributed by atoms with Gasteiger partial charge in [0.1, 0.15) is 12.4 Å². The molecule has 2 rings (SSSR count). The number of hydrogen-bond donors (Lipinski definition) is 0. The van der Waals surface area contributed by atoms with E-state index >= 15 is 0 Å². The van der Waals surface area contributed by atoms with Crippen LogP contribution in [-0.4, -0.2) is 25.1 Å². The molecule has 0 spiro atoms. The fourth-order valence-corrected chi connectivity index (χ4v) is 2.75. The van der Waals surface area contributed by atoms with Gasteiger partial charge in [-0.2, -0.15) is 5.26 Å². The summed E-state index contributed by atoms with van der Waals surface area (Å²) in [5.74, 6) is 0.751. The smallest absolute Gasteiger partial charge is 0.120 e. The predicted molar refractivity (Wildman–Crippen MR) is 82.0 cm³/mol. The fraction of sp³-hybridized carbons (Fsp3) is 0.312. The summed E-state index contributed by atoms with van der Waals surface area (Å²) < 4.78 is 5.70. The van der Waals surface area contributed by atoms with Crippen molar-refractivity contribution in [3.63, 3.8) is 0 Å². The molecule has 1 unspecified atom stereocenters. The van der Waals surface area contributed by atoms with Crippen LogP contribution in [0.15, 0.2) is 41.8 Å². The molecular formula is C16H18N2OS. The maximum absolute atomic E-state index is 8.84. The van der Waals surface area contributed by atoms with Gasteiger partial charge in [0.25, 0.3) is 0 Å². The first-order valence-electron chi connectivity index (χ1n) is 6.57. The van der Waals surface area contributed by atoms with Crippen LogP contribution in [0.25, 0.3) is 0 Å². The second-order valence-corrected chi connectivity index (χ2v) is 5.64. The summed E-state index contributed by atoms with van der Waals surface area (Å²) in [6, 6.07) is 14.0. The molecule has 0 amide bonds. The van der Waals surface area contributed by atoms with E-state index < -0.39 is 0 Å². The zero-order valence-electron chi connectivity index (χ0n) is 11.7. The summed E-state index contributed by atoms with van der Waals surface area (Å²) in [4.78, 5) is 3.62. The van der Waals surface area contributed by atoms with Gasteiger partial charge in [-0.15, -0.1) is 11.3 Å². The SMILES string of the molecule is CC(c1cccs1)N(C)CCOc1cccc(C#N)c1. The van der Waals surface area contributed by atoms with E-state index in [4.69, 9.17) is 10.00 Å². The van der Waals surface area contributed by atoms with E-state index in [9.17, 15) is 0 Å². The number of thiophene rings is 1. The first-order valence-corrected chi connectivity index (χ1v) is 7.45. The van der Waals surface area contributed by atoms with Gasteiger partial charge in [-0.25, -0.2) is 0 Å². The second-order valence-electron chi connectivity index (χ2n) is 4.66. The molecule has 4 heteroatoms. The molecular weight excluding hydrogens is 268 g/mol. The average molecular weight is 286 g/mol. The van der Waals surface area contributed by atoms with E-state index in [0.29, 0.717) is 18.2 Å². The molecule has 0 bridgehead atoms. The van der Waals surface area contributed by atoms with E-state index in [1.165, 1.54) is 4.88 Å². The van der Waals surface area contributed by atoms with Crippen LogP contribution in [0.1, 0.15) is 23.4 Å². The number of nitrogens with zero attached hydrogens (tertiary/aromatic N) is 2. The van der Waals surface area contributed by atoms with Gasteiger partial charge in [0, 0.05) is 17.5 Å². The Labute approximate surface area is 124 Å². The Balaban J connectivity index is 1.82. The topological polar surface area (TPSA) is 36.3 Å². The highest BCUT2D eigenvalue weighted by Gasteiger charge is 2.12. The van der Waals surface area contributed by atoms with Gasteiger partial charge < -0.3 is 4.74 Å². The monoisotopic (exact) mass is 286 g/mol. The standard InChI is InChI=1S/C16H18N2OS/c1-13(16-7-4-10-20-16)18(2)8-9-19-15-6-3-5-14(11-15)12-17/h3-7,10-11,13H,8-9H2,1-2H3. The van der Waals surface area contributed by atoms with Crippen LogP contribution in [0.5, 0.6) is 5.75 Å². The molecule has 0 saturated heterocycles. The maximum Gasteiger partial charge on any atom is 0.120 e. The predicted octanol–water partition coefficient (Wildman–Crippen LogP) is 3.69. The van der Waals surface area contributed by atoms with Crippen LogP contribution in [-0.2, 0) is 0 Å². The third-order valence-corrected chi connectivity index (χ3v) is 4.33. The second kappa shape index (κ2) is 7.09. The molecule has 0 aliphatic rings. The Kier molecular flexibility index (Phi) is 5.16. The summed E-state index contributed by atoms with van der Waals surface area (Å²) in [5.41, 5.74) is 0.628. The lowest BCUT2D eigenvalue weighted by Gasteiger charge is -2.23. The fourth-order valence-electron chi connectivity index (χ4n) is 1.90. The molecule has 104 valence electrons. The van der Waals surface area contributed by atoms with Gasteiger partial charge >= 0.3 is 0 Å². The van der Waals surface area contributed by atoms with Gasteiger partial charge in [-0.3, -0.25) is 4.90 Å². The first kappa shape index (κ1) is 14.6. The highest BCUT2D eigenvalue weighted by molar-refractivity contribution is 7.10. The molecule has 0 radical (unpaired) electrons. The van der Waals surface area contributed by atoms with E-state index in [2.05, 4.69) is 42.5 Å². The minimum Gasteiger partial charge on any atom is -0.492 e. The van der Waals surface area contributed by atoms with Crippen molar-refractivity contribution in [2.45, 2.75) is 13.0 Å². The van der Waals surface area contributed by atoms with E-state index in [1.807, 2.05) is 12.1 Å². The Morgan fingerprint density at radius 1 is 1.35 bits per heavy atom. The van der Waals surface area contributed by atoms with Crippen LogP contribution >= 0.6 is 11.3 Å². The number of likely N-dealkylation sites (N-methyl/N-ethyl adjacent to an activating group) is 1. The van der Waals surface area contributed by atoms with Crippen molar-refractivity contribution in [1.82, 2.24) is 4.90 Å². The maximum atomic E-state index is 8.84. The van der Waals surface area contributed by atoms with E-state index in [1.54, 1.807) is 23.5 Å². The van der Waals surface area contributed by atoms with Gasteiger partial charge in [0.05, 0.1) is 11.6 Å². The summed E-state index contributed by atoms with van der Waals surface area (Å²) in [5, 5.41) is 10.9. The number of hydrogen-bond acceptors (Lipinski definition) is 4. The normalized spacial score (nSPS) is 12.1. The van der Waals surface area contributed by atoms with Gasteiger partial charge in [-0.1, -0.05) is 12.1 Å². The quantitative estimate of drug-likeness (QED) is 0.812. The Hall–Kier alpha value is -1.83. The highest BCUT2D eigenvalue weighted by Crippen LogP contribution is 2.23. The largest absolute Gasteiger partial charge is 0.492 e. The molecule has 0 aliphatic carbocycles. The number of nitriles is 1. The zero-order chi connectivity index (χ0) is 14.4. The molecule has 0 fully saturated rings. The molecule has 1 aromatic carbocycles. The molecule has 0 saturated carbocycles. The minimum absolute atomic E-state index is 0.393. The molecule has 1 heterocycles. The third kappa shape index (κ3) is 3.83. The Bertz CT molecular complexity index is 574. The van der Waals surface area contributed by atoms with Crippen molar-refractivity contribution in [2.75, 3.05) is 20.2 Å². The van der Waals surface area contributed by atoms with E-state index in [0.717, 1.165) is 12.3 Å². The molecule has 2 aromatic rings. The molecule has 3 nitrogen and oxygen atoms in total. The van der Waals surface area contributed by atoms with Crippen molar-refractivity contribution in [1.29, 1.82) is 5.26 Å². The summed E-state index contributed by atoms with van der Waals surface area (Å²) in [6.45, 7) is 3.65. The van der Waals surface area contributed by atoms with Crippen molar-refractivity contribution >= 4 is 11.3 Å². The summed E-state index contributed by atoms with van der Waals surface area (Å²) in [7, 11) is 2.10. The van der Waals surface area contributed by atoms with Gasteiger partial charge in [0.2, 0.25) is 0 Å². The van der Waals surface area contributed by atoms with Gasteiger partial charge in [-0.05, 0) is 43.6 Å². The molecule has 1 aromatic heterocycles. The number of ether oxygens (including phenoxy) is 1. The van der Waals surface area contributed by atoms with Crippen molar-refractivity contribution in [3.8, 4) is 11.8 Å². The Morgan fingerprint density at radius 3 is 2.90 bits per heavy atom. The summed E-state index contributed by atoms with van der Waals surface area (Å²) in [6.07, 6.45) is 0. The summed E-state index contributed by atoms with van der Waals surface area (Å²) >= 11 is 1.78. The van der Waals surface area contributed by atoms with Crippen LogP contribution in [0.4, 0.5) is 0 Å². The molecule has 20 heavy (non-hydrogen) atoms. The lowest BCUT2D eigenvalue weighted by Crippen LogP contribution is -2.26. The minimum atomic E-state index is 0.393. The lowest BCUT2D eigenvalue weighted by atomic mass is 10.2. The molecule has 1 atom stereocenters. The van der Waals surface area contributed by atoms with Crippen LogP contribution in [0, 0.1) is 11.3 Å². The molecule has 0 N–H and O–H groups in total. The number of benzene rings is 1. The lowest BCUT2D eigenvalue weighted by molar-refractivity contribution is 0.202. The van der Waals surface area contributed by atoms with Crippen LogP contribution in [0.3, 0.4) is 0 Å².